The monoisotopic (exact) mass is 362 g/mol. The Morgan fingerprint density at radius 1 is 1.20 bits per heavy atom. The molecule has 1 unspecified atom stereocenters. The first-order valence-electron chi connectivity index (χ1n) is 8.79. The lowest BCUT2D eigenvalue weighted by Gasteiger charge is -2.10. The third-order valence-electron chi connectivity index (χ3n) is 3.37. The summed E-state index contributed by atoms with van der Waals surface area (Å²) in [6.07, 6.45) is -2.32. The highest BCUT2D eigenvalue weighted by atomic mass is 32.2. The van der Waals surface area contributed by atoms with Gasteiger partial charge in [-0.2, -0.15) is 8.42 Å². The Bertz CT molecular complexity index is 1050. The number of aryl methyl sites for hydroxylation is 1. The van der Waals surface area contributed by atoms with Gasteiger partial charge in [-0.25, -0.2) is 0 Å². The number of hydrogen-bond acceptors (Lipinski definition) is 6. The molecule has 0 aromatic heterocycles. The number of ether oxygens (including phenoxy) is 1. The Balaban J connectivity index is 1.93. The van der Waals surface area contributed by atoms with Crippen LogP contribution in [0.15, 0.2) is 66.2 Å². The second-order valence-corrected chi connectivity index (χ2v) is 6.60. The van der Waals surface area contributed by atoms with Crippen LogP contribution in [0.25, 0.3) is 0 Å². The SMILES string of the molecule is [2H]C1(c2ccc(C)cc2)OC(N)=C(OS(=O)(=O)C([2H])([2H])c2ccccc2)C1=O. The number of hydrogen-bond donors (Lipinski definition) is 1. The molecule has 2 N–H and O–H groups in total. The predicted octanol–water partition coefficient (Wildman–Crippen LogP) is 2.31. The first-order valence-corrected chi connectivity index (χ1v) is 8.70. The Morgan fingerprint density at radius 3 is 2.48 bits per heavy atom. The Hall–Kier alpha value is -2.80. The van der Waals surface area contributed by atoms with E-state index in [1.54, 1.807) is 18.2 Å². The van der Waals surface area contributed by atoms with Gasteiger partial charge in [0.1, 0.15) is 5.70 Å². The topological polar surface area (TPSA) is 95.7 Å². The van der Waals surface area contributed by atoms with Crippen molar-refractivity contribution in [2.75, 3.05) is 0 Å². The molecule has 1 atom stereocenters. The number of carbonyl (C=O) groups is 1. The maximum atomic E-state index is 12.7. The zero-order valence-corrected chi connectivity index (χ0v) is 14.0. The quantitative estimate of drug-likeness (QED) is 0.820. The minimum atomic E-state index is -4.99. The summed E-state index contributed by atoms with van der Waals surface area (Å²) in [5, 5.41) is 0. The maximum absolute atomic E-state index is 12.7. The normalized spacial score (nSPS) is 22.8. The molecule has 0 saturated heterocycles. The van der Waals surface area contributed by atoms with Crippen molar-refractivity contribution in [3.8, 4) is 0 Å². The summed E-state index contributed by atoms with van der Waals surface area (Å²) in [7, 11) is -4.99. The summed E-state index contributed by atoms with van der Waals surface area (Å²) < 4.78 is 59.2. The second kappa shape index (κ2) is 6.60. The van der Waals surface area contributed by atoms with E-state index in [1.165, 1.54) is 36.4 Å². The number of rotatable bonds is 5. The number of nitrogens with two attached hydrogens (primary N) is 1. The lowest BCUT2D eigenvalue weighted by Crippen LogP contribution is -2.16. The number of Topliss-reactive ketones (excluding diaryl/α,β-unsaturated/α-hetero) is 1. The van der Waals surface area contributed by atoms with Gasteiger partial charge < -0.3 is 14.7 Å². The average Bonchev–Trinajstić information content (AvgIpc) is 2.86. The van der Waals surface area contributed by atoms with E-state index in [-0.39, 0.29) is 11.1 Å². The minimum Gasteiger partial charge on any atom is -0.460 e. The molecule has 0 amide bonds. The summed E-state index contributed by atoms with van der Waals surface area (Å²) in [4.78, 5) is 12.7. The summed E-state index contributed by atoms with van der Waals surface area (Å²) >= 11 is 0. The molecule has 0 bridgehead atoms. The Kier molecular flexibility index (Phi) is 3.56. The predicted molar refractivity (Wildman–Crippen MR) is 91.4 cm³/mol. The van der Waals surface area contributed by atoms with Gasteiger partial charge >= 0.3 is 10.1 Å². The molecule has 1 aliphatic rings. The molecule has 2 aromatic carbocycles. The molecule has 1 aliphatic heterocycles. The van der Waals surface area contributed by atoms with Gasteiger partial charge in [0.15, 0.2) is 6.08 Å². The lowest BCUT2D eigenvalue weighted by molar-refractivity contribution is -0.123. The highest BCUT2D eigenvalue weighted by molar-refractivity contribution is 7.86. The largest absolute Gasteiger partial charge is 0.460 e. The van der Waals surface area contributed by atoms with Gasteiger partial charge in [-0.3, -0.25) is 4.79 Å². The molecule has 0 radical (unpaired) electrons. The van der Waals surface area contributed by atoms with Gasteiger partial charge in [0.05, 0.1) is 4.11 Å². The van der Waals surface area contributed by atoms with Crippen molar-refractivity contribution in [1.82, 2.24) is 0 Å². The molecule has 3 rings (SSSR count). The van der Waals surface area contributed by atoms with E-state index in [1.807, 2.05) is 6.92 Å². The fourth-order valence-corrected chi connectivity index (χ4v) is 3.02. The van der Waals surface area contributed by atoms with Gasteiger partial charge in [0.2, 0.25) is 17.4 Å². The highest BCUT2D eigenvalue weighted by Crippen LogP contribution is 2.32. The van der Waals surface area contributed by atoms with Crippen molar-refractivity contribution in [3.05, 3.63) is 82.9 Å². The molecule has 1 heterocycles. The maximum Gasteiger partial charge on any atom is 0.313 e. The molecule has 0 spiro atoms. The van der Waals surface area contributed by atoms with Gasteiger partial charge in [0, 0.05) is 5.56 Å². The van der Waals surface area contributed by atoms with Crippen LogP contribution < -0.4 is 5.73 Å². The minimum absolute atomic E-state index is 0.133. The van der Waals surface area contributed by atoms with Crippen LogP contribution in [0, 0.1) is 6.92 Å². The first kappa shape index (κ1) is 13.5. The van der Waals surface area contributed by atoms with Crippen LogP contribution in [0.5, 0.6) is 0 Å². The molecular weight excluding hydrogens is 342 g/mol. The van der Waals surface area contributed by atoms with Crippen LogP contribution in [0.1, 0.15) is 26.9 Å². The zero-order chi connectivity index (χ0) is 20.7. The summed E-state index contributed by atoms with van der Waals surface area (Å²) in [5.74, 6) is -2.76. The standard InChI is InChI=1S/C18H17NO5S/c1-12-7-9-14(10-8-12)16-15(20)17(18(19)23-16)24-25(21,22)11-13-5-3-2-4-6-13/h2-10,16H,11,19H2,1H3/i11D2,16D. The van der Waals surface area contributed by atoms with Crippen molar-refractivity contribution in [1.29, 1.82) is 0 Å². The summed E-state index contributed by atoms with van der Waals surface area (Å²) in [6.45, 7) is 1.82. The van der Waals surface area contributed by atoms with Crippen LogP contribution in [-0.2, 0) is 29.5 Å². The molecule has 7 heteroatoms. The van der Waals surface area contributed by atoms with E-state index in [2.05, 4.69) is 0 Å². The summed E-state index contributed by atoms with van der Waals surface area (Å²) in [5.41, 5.74) is 3.48. The number of ketones is 1. The Morgan fingerprint density at radius 2 is 1.84 bits per heavy atom. The second-order valence-electron chi connectivity index (χ2n) is 5.33. The van der Waals surface area contributed by atoms with Crippen LogP contribution in [0.3, 0.4) is 0 Å². The fourth-order valence-electron chi connectivity index (χ4n) is 2.17. The molecule has 0 fully saturated rings. The van der Waals surface area contributed by atoms with E-state index in [0.29, 0.717) is 0 Å². The highest BCUT2D eigenvalue weighted by Gasteiger charge is 2.39. The fraction of sp³-hybridized carbons (Fsp3) is 0.167. The third kappa shape index (κ3) is 3.83. The molecule has 2 aromatic rings. The molecule has 0 saturated carbocycles. The van der Waals surface area contributed by atoms with Crippen molar-refractivity contribution in [2.45, 2.75) is 18.7 Å². The number of carbonyl (C=O) groups excluding carboxylic acids is 1. The molecule has 0 aliphatic carbocycles. The first-order chi connectivity index (χ1) is 13.0. The van der Waals surface area contributed by atoms with E-state index >= 15 is 0 Å². The molecule has 6 nitrogen and oxygen atoms in total. The molecule has 25 heavy (non-hydrogen) atoms. The van der Waals surface area contributed by atoms with Crippen LogP contribution in [0.2, 0.25) is 0 Å². The van der Waals surface area contributed by atoms with Crippen LogP contribution >= 0.6 is 0 Å². The van der Waals surface area contributed by atoms with Crippen LogP contribution in [0.4, 0.5) is 0 Å². The van der Waals surface area contributed by atoms with Crippen molar-refractivity contribution in [3.63, 3.8) is 0 Å². The Labute approximate surface area is 150 Å². The molecular formula is C18H17NO5S. The van der Waals surface area contributed by atoms with Gasteiger partial charge in [-0.1, -0.05) is 60.2 Å². The van der Waals surface area contributed by atoms with E-state index < -0.39 is 39.3 Å². The molecule has 130 valence electrons. The van der Waals surface area contributed by atoms with Crippen molar-refractivity contribution >= 4 is 15.9 Å². The summed E-state index contributed by atoms with van der Waals surface area (Å²) in [6, 6.07) is 13.3. The van der Waals surface area contributed by atoms with Crippen molar-refractivity contribution in [2.24, 2.45) is 5.73 Å². The zero-order valence-electron chi connectivity index (χ0n) is 16.2. The third-order valence-corrected chi connectivity index (χ3v) is 4.24. The van der Waals surface area contributed by atoms with Gasteiger partial charge in [-0.05, 0) is 12.5 Å². The van der Waals surface area contributed by atoms with Gasteiger partial charge in [0.25, 0.3) is 0 Å². The van der Waals surface area contributed by atoms with Crippen molar-refractivity contribution < 1.29 is 26.2 Å². The average molecular weight is 362 g/mol. The van der Waals surface area contributed by atoms with Gasteiger partial charge in [-0.15, -0.1) is 0 Å². The number of benzene rings is 2. The van der Waals surface area contributed by atoms with E-state index in [4.69, 9.17) is 18.8 Å². The smallest absolute Gasteiger partial charge is 0.313 e. The van der Waals surface area contributed by atoms with E-state index in [0.717, 1.165) is 5.56 Å². The van der Waals surface area contributed by atoms with Crippen LogP contribution in [-0.4, -0.2) is 14.2 Å². The van der Waals surface area contributed by atoms with E-state index in [9.17, 15) is 13.2 Å². The lowest BCUT2D eigenvalue weighted by atomic mass is 10.0.